The van der Waals surface area contributed by atoms with E-state index in [-0.39, 0.29) is 12.5 Å². The molecule has 6 heteroatoms. The molecule has 1 aromatic heterocycles. The number of tetrazole rings is 1. The molecule has 0 radical (unpaired) electrons. The van der Waals surface area contributed by atoms with E-state index < -0.39 is 0 Å². The number of aliphatic hydroxyl groups is 1. The van der Waals surface area contributed by atoms with Crippen molar-refractivity contribution in [3.63, 3.8) is 0 Å². The first kappa shape index (κ1) is 12.2. The Morgan fingerprint density at radius 2 is 2.06 bits per heavy atom. The van der Waals surface area contributed by atoms with Crippen molar-refractivity contribution in [1.29, 1.82) is 0 Å². The van der Waals surface area contributed by atoms with Crippen molar-refractivity contribution in [2.24, 2.45) is 7.05 Å². The van der Waals surface area contributed by atoms with E-state index in [2.05, 4.69) is 31.3 Å². The van der Waals surface area contributed by atoms with Crippen molar-refractivity contribution in [3.05, 3.63) is 40.1 Å². The van der Waals surface area contributed by atoms with Crippen molar-refractivity contribution in [2.75, 3.05) is 6.61 Å². The normalized spacial score (nSPS) is 12.6. The minimum Gasteiger partial charge on any atom is -0.396 e. The van der Waals surface area contributed by atoms with Gasteiger partial charge in [-0.15, -0.1) is 10.2 Å². The van der Waals surface area contributed by atoms with E-state index in [0.29, 0.717) is 12.2 Å². The Morgan fingerprint density at radius 3 is 2.59 bits per heavy atom. The number of hydrogen-bond donors (Lipinski definition) is 1. The average Bonchev–Trinajstić information content (AvgIpc) is 2.73. The molecule has 2 rings (SSSR count). The summed E-state index contributed by atoms with van der Waals surface area (Å²) in [6.07, 6.45) is 0.589. The smallest absolute Gasteiger partial charge is 0.175 e. The first-order valence-electron chi connectivity index (χ1n) is 5.28. The second-order valence-corrected chi connectivity index (χ2v) is 4.75. The van der Waals surface area contributed by atoms with Gasteiger partial charge in [-0.1, -0.05) is 28.1 Å². The van der Waals surface area contributed by atoms with Crippen molar-refractivity contribution in [1.82, 2.24) is 20.2 Å². The highest BCUT2D eigenvalue weighted by molar-refractivity contribution is 9.10. The summed E-state index contributed by atoms with van der Waals surface area (Å²) >= 11 is 3.39. The fourth-order valence-corrected chi connectivity index (χ4v) is 1.91. The third kappa shape index (κ3) is 3.10. The maximum Gasteiger partial charge on any atom is 0.175 e. The number of aryl methyl sites for hydroxylation is 1. The lowest BCUT2D eigenvalue weighted by atomic mass is 9.96. The molecule has 0 saturated carbocycles. The predicted molar refractivity (Wildman–Crippen MR) is 66.5 cm³/mol. The van der Waals surface area contributed by atoms with E-state index in [1.54, 1.807) is 7.05 Å². The summed E-state index contributed by atoms with van der Waals surface area (Å²) in [5, 5.41) is 21.2. The molecule has 17 heavy (non-hydrogen) atoms. The Morgan fingerprint density at radius 1 is 1.35 bits per heavy atom. The van der Waals surface area contributed by atoms with Gasteiger partial charge in [-0.05, 0) is 22.9 Å². The fourth-order valence-electron chi connectivity index (χ4n) is 1.65. The van der Waals surface area contributed by atoms with Crippen LogP contribution in [0.4, 0.5) is 0 Å². The molecule has 1 heterocycles. The van der Waals surface area contributed by atoms with Crippen LogP contribution < -0.4 is 0 Å². The van der Waals surface area contributed by atoms with E-state index in [4.69, 9.17) is 0 Å². The van der Waals surface area contributed by atoms with E-state index in [9.17, 15) is 5.11 Å². The number of halogens is 1. The van der Waals surface area contributed by atoms with E-state index in [1.807, 2.05) is 24.3 Å². The van der Waals surface area contributed by atoms with Crippen molar-refractivity contribution < 1.29 is 5.11 Å². The standard InChI is InChI=1S/C11H13BrN4O/c1-16-14-11(13-15-16)6-9(7-17)8-2-4-10(12)5-3-8/h2-5,9,17H,6-7H2,1H3. The molecule has 1 aromatic carbocycles. The topological polar surface area (TPSA) is 63.8 Å². The van der Waals surface area contributed by atoms with E-state index >= 15 is 0 Å². The van der Waals surface area contributed by atoms with Crippen LogP contribution in [0.3, 0.4) is 0 Å². The molecule has 1 N–H and O–H groups in total. The highest BCUT2D eigenvalue weighted by Gasteiger charge is 2.14. The van der Waals surface area contributed by atoms with Gasteiger partial charge in [0.05, 0.1) is 13.7 Å². The van der Waals surface area contributed by atoms with Crippen LogP contribution in [-0.2, 0) is 13.5 Å². The zero-order chi connectivity index (χ0) is 12.3. The van der Waals surface area contributed by atoms with Gasteiger partial charge in [-0.25, -0.2) is 0 Å². The molecule has 0 aliphatic rings. The van der Waals surface area contributed by atoms with Crippen molar-refractivity contribution in [3.8, 4) is 0 Å². The van der Waals surface area contributed by atoms with Crippen molar-refractivity contribution in [2.45, 2.75) is 12.3 Å². The molecule has 0 aliphatic heterocycles. The first-order chi connectivity index (χ1) is 8.19. The Bertz CT molecular complexity index is 482. The fraction of sp³-hybridized carbons (Fsp3) is 0.364. The van der Waals surface area contributed by atoms with Crippen LogP contribution in [0.15, 0.2) is 28.7 Å². The molecule has 0 spiro atoms. The molecular weight excluding hydrogens is 284 g/mol. The number of hydrogen-bond acceptors (Lipinski definition) is 4. The average molecular weight is 297 g/mol. The summed E-state index contributed by atoms with van der Waals surface area (Å²) in [7, 11) is 1.73. The van der Waals surface area contributed by atoms with Gasteiger partial charge in [-0.2, -0.15) is 4.80 Å². The highest BCUT2D eigenvalue weighted by atomic mass is 79.9. The third-order valence-electron chi connectivity index (χ3n) is 2.54. The van der Waals surface area contributed by atoms with Gasteiger partial charge in [0.15, 0.2) is 5.82 Å². The van der Waals surface area contributed by atoms with Gasteiger partial charge in [0.1, 0.15) is 0 Å². The molecule has 1 unspecified atom stereocenters. The molecule has 0 aliphatic carbocycles. The van der Waals surface area contributed by atoms with Crippen LogP contribution in [0, 0.1) is 0 Å². The first-order valence-corrected chi connectivity index (χ1v) is 6.07. The molecular formula is C11H13BrN4O. The minimum atomic E-state index is 0.00676. The lowest BCUT2D eigenvalue weighted by Crippen LogP contribution is -2.09. The van der Waals surface area contributed by atoms with Gasteiger partial charge in [0.2, 0.25) is 0 Å². The van der Waals surface area contributed by atoms with E-state index in [0.717, 1.165) is 10.0 Å². The van der Waals surface area contributed by atoms with Crippen LogP contribution in [0.1, 0.15) is 17.3 Å². The monoisotopic (exact) mass is 296 g/mol. The predicted octanol–water partition coefficient (Wildman–Crippen LogP) is 1.29. The van der Waals surface area contributed by atoms with Crippen molar-refractivity contribution >= 4 is 15.9 Å². The SMILES string of the molecule is Cn1nnc(CC(CO)c2ccc(Br)cc2)n1. The second kappa shape index (κ2) is 5.37. The molecule has 0 saturated heterocycles. The number of benzene rings is 1. The Hall–Kier alpha value is -1.27. The molecule has 0 bridgehead atoms. The van der Waals surface area contributed by atoms with Gasteiger partial charge in [-0.3, -0.25) is 0 Å². The zero-order valence-corrected chi connectivity index (χ0v) is 11.0. The highest BCUT2D eigenvalue weighted by Crippen LogP contribution is 2.21. The summed E-state index contributed by atoms with van der Waals surface area (Å²) < 4.78 is 1.02. The maximum absolute atomic E-state index is 9.42. The molecule has 0 fully saturated rings. The summed E-state index contributed by atoms with van der Waals surface area (Å²) in [6, 6.07) is 7.90. The van der Waals surface area contributed by atoms with Crippen LogP contribution in [0.2, 0.25) is 0 Å². The third-order valence-corrected chi connectivity index (χ3v) is 3.07. The largest absolute Gasteiger partial charge is 0.396 e. The van der Waals surface area contributed by atoms with Gasteiger partial charge < -0.3 is 5.11 Å². The number of rotatable bonds is 4. The lowest BCUT2D eigenvalue weighted by molar-refractivity contribution is 0.263. The molecule has 90 valence electrons. The number of aliphatic hydroxyl groups excluding tert-OH is 1. The minimum absolute atomic E-state index is 0.00676. The summed E-state index contributed by atoms with van der Waals surface area (Å²) in [5.74, 6) is 0.654. The Kier molecular flexibility index (Phi) is 3.86. The molecule has 2 aromatic rings. The second-order valence-electron chi connectivity index (χ2n) is 3.83. The van der Waals surface area contributed by atoms with E-state index in [1.165, 1.54) is 4.80 Å². The van der Waals surface area contributed by atoms with Crippen LogP contribution in [0.25, 0.3) is 0 Å². The Labute approximate surface area is 108 Å². The molecule has 1 atom stereocenters. The Balaban J connectivity index is 2.13. The summed E-state index contributed by atoms with van der Waals surface area (Å²) in [6.45, 7) is 0.0693. The molecule has 5 nitrogen and oxygen atoms in total. The summed E-state index contributed by atoms with van der Waals surface area (Å²) in [4.78, 5) is 1.42. The maximum atomic E-state index is 9.42. The number of aromatic nitrogens is 4. The van der Waals surface area contributed by atoms with Gasteiger partial charge in [0, 0.05) is 16.8 Å². The number of nitrogens with zero attached hydrogens (tertiary/aromatic N) is 4. The van der Waals surface area contributed by atoms with Crippen LogP contribution in [-0.4, -0.2) is 31.9 Å². The van der Waals surface area contributed by atoms with Gasteiger partial charge >= 0.3 is 0 Å². The van der Waals surface area contributed by atoms with Crippen LogP contribution in [0.5, 0.6) is 0 Å². The van der Waals surface area contributed by atoms with Gasteiger partial charge in [0.25, 0.3) is 0 Å². The summed E-state index contributed by atoms with van der Waals surface area (Å²) in [5.41, 5.74) is 1.07. The molecule has 0 amide bonds. The van der Waals surface area contributed by atoms with Crippen LogP contribution >= 0.6 is 15.9 Å². The quantitative estimate of drug-likeness (QED) is 0.923. The zero-order valence-electron chi connectivity index (χ0n) is 9.41. The lowest BCUT2D eigenvalue weighted by Gasteiger charge is -2.12.